The van der Waals surface area contributed by atoms with E-state index in [2.05, 4.69) is 5.32 Å². The fourth-order valence-electron chi connectivity index (χ4n) is 1.80. The predicted octanol–water partition coefficient (Wildman–Crippen LogP) is 3.00. The maximum absolute atomic E-state index is 11.4. The van der Waals surface area contributed by atoms with Gasteiger partial charge in [-0.15, -0.1) is 0 Å². The molecule has 1 aromatic carbocycles. The molecule has 0 heterocycles. The zero-order chi connectivity index (χ0) is 17.3. The first kappa shape index (κ1) is 18.8. The van der Waals surface area contributed by atoms with Crippen molar-refractivity contribution in [3.05, 3.63) is 29.8 Å². The smallest absolute Gasteiger partial charge is 0.407 e. The second-order valence-corrected chi connectivity index (χ2v) is 6.20. The fourth-order valence-corrected chi connectivity index (χ4v) is 1.80. The summed E-state index contributed by atoms with van der Waals surface area (Å²) < 4.78 is 10.7. The zero-order valence-corrected chi connectivity index (χ0v) is 13.9. The summed E-state index contributed by atoms with van der Waals surface area (Å²) in [6.45, 7) is 6.54. The van der Waals surface area contributed by atoms with Gasteiger partial charge < -0.3 is 19.9 Å². The highest BCUT2D eigenvalue weighted by Crippen LogP contribution is 2.13. The maximum atomic E-state index is 11.4. The molecule has 0 saturated carbocycles. The number of carboxylic acids is 1. The van der Waals surface area contributed by atoms with E-state index in [9.17, 15) is 9.59 Å². The van der Waals surface area contributed by atoms with Gasteiger partial charge in [-0.2, -0.15) is 0 Å². The minimum atomic E-state index is -0.851. The first-order valence-electron chi connectivity index (χ1n) is 7.66. The van der Waals surface area contributed by atoms with Crippen molar-refractivity contribution >= 4 is 12.1 Å². The molecule has 0 aromatic heterocycles. The Morgan fingerprint density at radius 1 is 1.13 bits per heavy atom. The summed E-state index contributed by atoms with van der Waals surface area (Å²) in [6, 6.07) is 7.01. The molecule has 6 heteroatoms. The average Bonchev–Trinajstić information content (AvgIpc) is 2.42. The number of amides is 1. The summed E-state index contributed by atoms with van der Waals surface area (Å²) in [7, 11) is 0. The van der Waals surface area contributed by atoms with E-state index >= 15 is 0 Å². The minimum Gasteiger partial charge on any atom is -0.494 e. The van der Waals surface area contributed by atoms with E-state index in [-0.39, 0.29) is 6.42 Å². The van der Waals surface area contributed by atoms with Gasteiger partial charge in [-0.1, -0.05) is 12.1 Å². The summed E-state index contributed by atoms with van der Waals surface area (Å²) >= 11 is 0. The van der Waals surface area contributed by atoms with E-state index in [1.54, 1.807) is 24.3 Å². The molecule has 23 heavy (non-hydrogen) atoms. The second-order valence-electron chi connectivity index (χ2n) is 6.20. The van der Waals surface area contributed by atoms with Gasteiger partial charge in [0.05, 0.1) is 13.0 Å². The highest BCUT2D eigenvalue weighted by Gasteiger charge is 2.15. The molecule has 2 N–H and O–H groups in total. The molecule has 0 spiro atoms. The molecule has 0 atom stereocenters. The molecule has 0 aliphatic heterocycles. The van der Waals surface area contributed by atoms with Crippen LogP contribution < -0.4 is 10.1 Å². The van der Waals surface area contributed by atoms with Crippen LogP contribution in [0.4, 0.5) is 4.79 Å². The highest BCUT2D eigenvalue weighted by atomic mass is 16.6. The largest absolute Gasteiger partial charge is 0.494 e. The lowest BCUT2D eigenvalue weighted by Gasteiger charge is -2.19. The number of alkyl carbamates (subject to hydrolysis) is 1. The monoisotopic (exact) mass is 323 g/mol. The summed E-state index contributed by atoms with van der Waals surface area (Å²) in [5.41, 5.74) is 0.256. The van der Waals surface area contributed by atoms with Gasteiger partial charge >= 0.3 is 12.1 Å². The van der Waals surface area contributed by atoms with E-state index in [0.29, 0.717) is 18.9 Å². The third-order valence-electron chi connectivity index (χ3n) is 2.79. The molecule has 0 unspecified atom stereocenters. The molecule has 0 aliphatic carbocycles. The summed E-state index contributed by atoms with van der Waals surface area (Å²) in [4.78, 5) is 22.0. The van der Waals surface area contributed by atoms with E-state index < -0.39 is 17.7 Å². The van der Waals surface area contributed by atoms with Crippen molar-refractivity contribution in [3.8, 4) is 5.75 Å². The van der Waals surface area contributed by atoms with Crippen molar-refractivity contribution in [1.29, 1.82) is 0 Å². The quantitative estimate of drug-likeness (QED) is 0.718. The number of benzene rings is 1. The van der Waals surface area contributed by atoms with Crippen LogP contribution in [-0.4, -0.2) is 35.9 Å². The third-order valence-corrected chi connectivity index (χ3v) is 2.79. The van der Waals surface area contributed by atoms with Gasteiger partial charge in [0.15, 0.2) is 0 Å². The van der Waals surface area contributed by atoms with Crippen LogP contribution in [0.25, 0.3) is 0 Å². The second kappa shape index (κ2) is 9.02. The molecule has 0 saturated heterocycles. The lowest BCUT2D eigenvalue weighted by molar-refractivity contribution is -0.136. The zero-order valence-electron chi connectivity index (χ0n) is 13.9. The van der Waals surface area contributed by atoms with Crippen LogP contribution in [0.2, 0.25) is 0 Å². The first-order valence-corrected chi connectivity index (χ1v) is 7.66. The van der Waals surface area contributed by atoms with Crippen LogP contribution in [0.5, 0.6) is 5.75 Å². The topological polar surface area (TPSA) is 84.9 Å². The Hall–Kier alpha value is -2.24. The summed E-state index contributed by atoms with van der Waals surface area (Å²) in [5, 5.41) is 11.4. The Balaban J connectivity index is 2.13. The molecule has 128 valence electrons. The van der Waals surface area contributed by atoms with Gasteiger partial charge in [-0.25, -0.2) is 4.79 Å². The average molecular weight is 323 g/mol. The molecular formula is C17H25NO5. The fraction of sp³-hybridized carbons (Fsp3) is 0.529. The van der Waals surface area contributed by atoms with Crippen molar-refractivity contribution in [1.82, 2.24) is 5.32 Å². The Bertz CT molecular complexity index is 505. The van der Waals surface area contributed by atoms with Gasteiger partial charge in [0.1, 0.15) is 11.4 Å². The summed E-state index contributed by atoms with van der Waals surface area (Å²) in [5.74, 6) is -0.143. The number of aliphatic carboxylic acids is 1. The van der Waals surface area contributed by atoms with Crippen LogP contribution in [0, 0.1) is 0 Å². The first-order chi connectivity index (χ1) is 10.8. The minimum absolute atomic E-state index is 0.0105. The van der Waals surface area contributed by atoms with E-state index in [4.69, 9.17) is 14.6 Å². The Morgan fingerprint density at radius 3 is 2.35 bits per heavy atom. The molecule has 1 rings (SSSR count). The Kier molecular flexibility index (Phi) is 7.38. The van der Waals surface area contributed by atoms with Gasteiger partial charge in [-0.05, 0) is 51.3 Å². The van der Waals surface area contributed by atoms with Crippen molar-refractivity contribution in [2.45, 2.75) is 45.6 Å². The van der Waals surface area contributed by atoms with Crippen molar-refractivity contribution < 1.29 is 24.2 Å². The Labute approximate surface area is 136 Å². The van der Waals surface area contributed by atoms with Gasteiger partial charge in [0, 0.05) is 6.54 Å². The molecule has 0 fully saturated rings. The van der Waals surface area contributed by atoms with Crippen LogP contribution in [0.1, 0.15) is 39.2 Å². The number of nitrogens with one attached hydrogen (secondary N) is 1. The van der Waals surface area contributed by atoms with Gasteiger partial charge in [0.2, 0.25) is 0 Å². The number of carboxylic acid groups (broad SMARTS) is 1. The standard InChI is InChI=1S/C17H25NO5/c1-17(2,3)23-16(21)18-10-4-5-11-22-14-8-6-13(7-9-14)12-15(19)20/h6-9H,4-5,10-12H2,1-3H3,(H,18,21)(H,19,20). The molecule has 1 amide bonds. The molecule has 0 aliphatic rings. The SMILES string of the molecule is CC(C)(C)OC(=O)NCCCCOc1ccc(CC(=O)O)cc1. The van der Waals surface area contributed by atoms with Crippen molar-refractivity contribution in [2.75, 3.05) is 13.2 Å². The number of ether oxygens (including phenoxy) is 2. The number of hydrogen-bond acceptors (Lipinski definition) is 4. The van der Waals surface area contributed by atoms with E-state index in [1.165, 1.54) is 0 Å². The van der Waals surface area contributed by atoms with Gasteiger partial charge in [-0.3, -0.25) is 4.79 Å². The van der Waals surface area contributed by atoms with Crippen LogP contribution in [-0.2, 0) is 16.0 Å². The third kappa shape index (κ3) is 9.39. The predicted molar refractivity (Wildman–Crippen MR) is 86.7 cm³/mol. The van der Waals surface area contributed by atoms with Crippen LogP contribution in [0.3, 0.4) is 0 Å². The number of unbranched alkanes of at least 4 members (excludes halogenated alkanes) is 1. The molecule has 1 aromatic rings. The lowest BCUT2D eigenvalue weighted by atomic mass is 10.1. The molecular weight excluding hydrogens is 298 g/mol. The van der Waals surface area contributed by atoms with E-state index in [0.717, 1.165) is 18.4 Å². The highest BCUT2D eigenvalue weighted by molar-refractivity contribution is 5.70. The summed E-state index contributed by atoms with van der Waals surface area (Å²) in [6.07, 6.45) is 1.19. The maximum Gasteiger partial charge on any atom is 0.407 e. The molecule has 6 nitrogen and oxygen atoms in total. The number of hydrogen-bond donors (Lipinski definition) is 2. The van der Waals surface area contributed by atoms with Crippen molar-refractivity contribution in [3.63, 3.8) is 0 Å². The normalized spacial score (nSPS) is 10.9. The van der Waals surface area contributed by atoms with Crippen molar-refractivity contribution in [2.24, 2.45) is 0 Å². The lowest BCUT2D eigenvalue weighted by Crippen LogP contribution is -2.33. The number of carbonyl (C=O) groups excluding carboxylic acids is 1. The van der Waals surface area contributed by atoms with Gasteiger partial charge in [0.25, 0.3) is 0 Å². The molecule has 0 radical (unpaired) electrons. The number of rotatable bonds is 8. The molecule has 0 bridgehead atoms. The van der Waals surface area contributed by atoms with Crippen LogP contribution in [0.15, 0.2) is 24.3 Å². The van der Waals surface area contributed by atoms with E-state index in [1.807, 2.05) is 20.8 Å². The number of carbonyl (C=O) groups is 2. The van der Waals surface area contributed by atoms with Crippen LogP contribution >= 0.6 is 0 Å². The Morgan fingerprint density at radius 2 is 1.78 bits per heavy atom.